The van der Waals surface area contributed by atoms with Gasteiger partial charge in [0.05, 0.1) is 13.7 Å². The standard InChI is InChI=1S/C22H25N3O3/c1-4-17-5-7-19(8-6-17)27-14-13-25(2)21-15-22(24-16-23-21)28-20-11-9-18(26-3)10-12-20/h5-12,15-16H,4,13-14H2,1-3H3. The van der Waals surface area contributed by atoms with Crippen molar-refractivity contribution < 1.29 is 14.2 Å². The van der Waals surface area contributed by atoms with Crippen LogP contribution in [0.1, 0.15) is 12.5 Å². The van der Waals surface area contributed by atoms with E-state index in [-0.39, 0.29) is 0 Å². The van der Waals surface area contributed by atoms with Crippen LogP contribution in [0.2, 0.25) is 0 Å². The minimum absolute atomic E-state index is 0.484. The SMILES string of the molecule is CCc1ccc(OCCN(C)c2cc(Oc3ccc(OC)cc3)ncn2)cc1. The number of nitrogens with zero attached hydrogens (tertiary/aromatic N) is 3. The summed E-state index contributed by atoms with van der Waals surface area (Å²) in [5, 5.41) is 0. The van der Waals surface area contributed by atoms with E-state index in [4.69, 9.17) is 14.2 Å². The van der Waals surface area contributed by atoms with Crippen molar-refractivity contribution in [1.29, 1.82) is 0 Å². The van der Waals surface area contributed by atoms with Gasteiger partial charge in [-0.05, 0) is 48.4 Å². The summed E-state index contributed by atoms with van der Waals surface area (Å²) in [6, 6.07) is 17.3. The van der Waals surface area contributed by atoms with Crippen LogP contribution in [0.15, 0.2) is 60.9 Å². The molecule has 0 radical (unpaired) electrons. The number of likely N-dealkylation sites (N-methyl/N-ethyl adjacent to an activating group) is 1. The highest BCUT2D eigenvalue weighted by molar-refractivity contribution is 5.41. The van der Waals surface area contributed by atoms with Crippen LogP contribution in [-0.4, -0.2) is 37.3 Å². The molecule has 0 fully saturated rings. The summed E-state index contributed by atoms with van der Waals surface area (Å²) in [4.78, 5) is 10.5. The summed E-state index contributed by atoms with van der Waals surface area (Å²) in [6.45, 7) is 3.38. The van der Waals surface area contributed by atoms with Gasteiger partial charge < -0.3 is 19.1 Å². The van der Waals surface area contributed by atoms with Crippen molar-refractivity contribution in [3.8, 4) is 23.1 Å². The summed E-state index contributed by atoms with van der Waals surface area (Å²) < 4.78 is 16.8. The fourth-order valence-corrected chi connectivity index (χ4v) is 2.60. The first-order valence-electron chi connectivity index (χ1n) is 9.24. The van der Waals surface area contributed by atoms with Crippen LogP contribution in [0.4, 0.5) is 5.82 Å². The van der Waals surface area contributed by atoms with Gasteiger partial charge in [0.15, 0.2) is 0 Å². The number of benzene rings is 2. The molecule has 3 aromatic rings. The first-order chi connectivity index (χ1) is 13.7. The van der Waals surface area contributed by atoms with Crippen LogP contribution in [0.25, 0.3) is 0 Å². The maximum Gasteiger partial charge on any atom is 0.224 e. The zero-order chi connectivity index (χ0) is 19.8. The molecule has 0 aliphatic heterocycles. The molecule has 0 spiro atoms. The van der Waals surface area contributed by atoms with Crippen molar-refractivity contribution in [3.05, 3.63) is 66.5 Å². The molecular weight excluding hydrogens is 354 g/mol. The van der Waals surface area contributed by atoms with Crippen LogP contribution >= 0.6 is 0 Å². The number of hydrogen-bond donors (Lipinski definition) is 0. The summed E-state index contributed by atoms with van der Waals surface area (Å²) in [5.41, 5.74) is 1.30. The van der Waals surface area contributed by atoms with Crippen LogP contribution in [0.3, 0.4) is 0 Å². The molecule has 0 N–H and O–H groups in total. The molecule has 6 heteroatoms. The van der Waals surface area contributed by atoms with Gasteiger partial charge in [-0.1, -0.05) is 19.1 Å². The highest BCUT2D eigenvalue weighted by Gasteiger charge is 2.07. The Bertz CT molecular complexity index is 867. The topological polar surface area (TPSA) is 56.7 Å². The van der Waals surface area contributed by atoms with Crippen molar-refractivity contribution in [3.63, 3.8) is 0 Å². The van der Waals surface area contributed by atoms with Gasteiger partial charge in [-0.25, -0.2) is 9.97 Å². The van der Waals surface area contributed by atoms with Crippen LogP contribution < -0.4 is 19.1 Å². The van der Waals surface area contributed by atoms with E-state index in [1.807, 2.05) is 48.3 Å². The number of ether oxygens (including phenoxy) is 3. The van der Waals surface area contributed by atoms with E-state index < -0.39 is 0 Å². The van der Waals surface area contributed by atoms with E-state index >= 15 is 0 Å². The molecule has 1 heterocycles. The number of hydrogen-bond acceptors (Lipinski definition) is 6. The third-order valence-electron chi connectivity index (χ3n) is 4.33. The molecule has 28 heavy (non-hydrogen) atoms. The molecule has 0 aliphatic carbocycles. The lowest BCUT2D eigenvalue weighted by Gasteiger charge is -2.18. The molecular formula is C22H25N3O3. The summed E-state index contributed by atoms with van der Waals surface area (Å²) in [5.74, 6) is 3.59. The maximum absolute atomic E-state index is 5.82. The van der Waals surface area contributed by atoms with Crippen LogP contribution in [0.5, 0.6) is 23.1 Å². The first kappa shape index (κ1) is 19.5. The highest BCUT2D eigenvalue weighted by Crippen LogP contribution is 2.24. The van der Waals surface area contributed by atoms with Gasteiger partial charge in [0.2, 0.25) is 5.88 Å². The fraction of sp³-hybridized carbons (Fsp3) is 0.273. The van der Waals surface area contributed by atoms with Gasteiger partial charge in [-0.2, -0.15) is 0 Å². The molecule has 2 aromatic carbocycles. The van der Waals surface area contributed by atoms with Gasteiger partial charge in [0.1, 0.15) is 36.0 Å². The molecule has 6 nitrogen and oxygen atoms in total. The van der Waals surface area contributed by atoms with E-state index in [2.05, 4.69) is 29.0 Å². The molecule has 0 saturated heterocycles. The largest absolute Gasteiger partial charge is 0.497 e. The predicted octanol–water partition coefficient (Wildman–Crippen LogP) is 4.36. The lowest BCUT2D eigenvalue weighted by molar-refractivity contribution is 0.325. The summed E-state index contributed by atoms with van der Waals surface area (Å²) >= 11 is 0. The van der Waals surface area contributed by atoms with Gasteiger partial charge >= 0.3 is 0 Å². The quantitative estimate of drug-likeness (QED) is 0.551. The van der Waals surface area contributed by atoms with Crippen molar-refractivity contribution in [2.75, 3.05) is 32.2 Å². The maximum atomic E-state index is 5.82. The average molecular weight is 379 g/mol. The smallest absolute Gasteiger partial charge is 0.224 e. The van der Waals surface area contributed by atoms with E-state index in [1.54, 1.807) is 13.2 Å². The van der Waals surface area contributed by atoms with Crippen LogP contribution in [0, 0.1) is 0 Å². The Labute approximate surface area is 165 Å². The predicted molar refractivity (Wildman–Crippen MR) is 110 cm³/mol. The Morgan fingerprint density at radius 1 is 0.893 bits per heavy atom. The molecule has 0 bridgehead atoms. The zero-order valence-electron chi connectivity index (χ0n) is 16.5. The van der Waals surface area contributed by atoms with E-state index in [0.29, 0.717) is 24.8 Å². The molecule has 3 rings (SSSR count). The minimum Gasteiger partial charge on any atom is -0.497 e. The zero-order valence-corrected chi connectivity index (χ0v) is 16.5. The molecule has 146 valence electrons. The monoisotopic (exact) mass is 379 g/mol. The number of methoxy groups -OCH3 is 1. The van der Waals surface area contributed by atoms with E-state index in [1.165, 1.54) is 11.9 Å². The second kappa shape index (κ2) is 9.60. The molecule has 1 aromatic heterocycles. The van der Waals surface area contributed by atoms with Gasteiger partial charge in [0.25, 0.3) is 0 Å². The first-order valence-corrected chi connectivity index (χ1v) is 9.24. The Hall–Kier alpha value is -3.28. The van der Waals surface area contributed by atoms with Gasteiger partial charge in [-0.3, -0.25) is 0 Å². The lowest BCUT2D eigenvalue weighted by Crippen LogP contribution is -2.24. The number of aromatic nitrogens is 2. The number of rotatable bonds is 9. The highest BCUT2D eigenvalue weighted by atomic mass is 16.5. The van der Waals surface area contributed by atoms with E-state index in [9.17, 15) is 0 Å². The number of anilines is 1. The second-order valence-electron chi connectivity index (χ2n) is 6.26. The third kappa shape index (κ3) is 5.36. The van der Waals surface area contributed by atoms with Crippen molar-refractivity contribution in [1.82, 2.24) is 9.97 Å². The van der Waals surface area contributed by atoms with E-state index in [0.717, 1.165) is 23.7 Å². The molecule has 0 aliphatic rings. The third-order valence-corrected chi connectivity index (χ3v) is 4.33. The Kier molecular flexibility index (Phi) is 6.68. The molecule has 0 saturated carbocycles. The Morgan fingerprint density at radius 2 is 1.57 bits per heavy atom. The Balaban J connectivity index is 1.54. The second-order valence-corrected chi connectivity index (χ2v) is 6.26. The van der Waals surface area contributed by atoms with Gasteiger partial charge in [-0.15, -0.1) is 0 Å². The Morgan fingerprint density at radius 3 is 2.25 bits per heavy atom. The fourth-order valence-electron chi connectivity index (χ4n) is 2.60. The summed E-state index contributed by atoms with van der Waals surface area (Å²) in [7, 11) is 3.59. The number of aryl methyl sites for hydroxylation is 1. The molecule has 0 amide bonds. The van der Waals surface area contributed by atoms with Crippen molar-refractivity contribution in [2.45, 2.75) is 13.3 Å². The normalized spacial score (nSPS) is 10.4. The minimum atomic E-state index is 0.484. The molecule has 0 unspecified atom stereocenters. The summed E-state index contributed by atoms with van der Waals surface area (Å²) in [6.07, 6.45) is 2.52. The van der Waals surface area contributed by atoms with Crippen molar-refractivity contribution in [2.24, 2.45) is 0 Å². The lowest BCUT2D eigenvalue weighted by atomic mass is 10.2. The average Bonchev–Trinajstić information content (AvgIpc) is 2.75. The van der Waals surface area contributed by atoms with Crippen LogP contribution in [-0.2, 0) is 6.42 Å². The van der Waals surface area contributed by atoms with Crippen molar-refractivity contribution >= 4 is 5.82 Å². The molecule has 0 atom stereocenters. The van der Waals surface area contributed by atoms with Gasteiger partial charge in [0, 0.05) is 13.1 Å².